The molecule has 1 aromatic heterocycles. The zero-order chi connectivity index (χ0) is 23.1. The van der Waals surface area contributed by atoms with Crippen molar-refractivity contribution in [1.29, 1.82) is 0 Å². The molecule has 0 bridgehead atoms. The number of unbranched alkanes of at least 4 members (excludes halogenated alkanes) is 1. The third-order valence-corrected chi connectivity index (χ3v) is 5.43. The number of carbonyl (C=O) groups excluding carboxylic acids is 1. The lowest BCUT2D eigenvalue weighted by Gasteiger charge is -2.23. The van der Waals surface area contributed by atoms with Crippen LogP contribution in [0.2, 0.25) is 0 Å². The lowest BCUT2D eigenvalue weighted by atomic mass is 10.2. The van der Waals surface area contributed by atoms with Gasteiger partial charge in [0.25, 0.3) is 11.5 Å². The van der Waals surface area contributed by atoms with E-state index in [0.717, 1.165) is 22.0 Å². The van der Waals surface area contributed by atoms with Crippen LogP contribution in [0, 0.1) is 0 Å². The number of rotatable bonds is 8. The van der Waals surface area contributed by atoms with Gasteiger partial charge in [-0.1, -0.05) is 71.7 Å². The molecule has 2 aromatic carbocycles. The van der Waals surface area contributed by atoms with E-state index in [1.165, 1.54) is 15.5 Å². The lowest BCUT2D eigenvalue weighted by molar-refractivity contribution is -0.114. The molecule has 0 aliphatic heterocycles. The summed E-state index contributed by atoms with van der Waals surface area (Å²) in [5, 5.41) is 0. The molecule has 3 rings (SSSR count). The predicted octanol–water partition coefficient (Wildman–Crippen LogP) is 3.93. The fourth-order valence-corrected chi connectivity index (χ4v) is 3.69. The normalized spacial score (nSPS) is 11.1. The van der Waals surface area contributed by atoms with Crippen molar-refractivity contribution in [2.45, 2.75) is 32.9 Å². The Morgan fingerprint density at radius 2 is 1.91 bits per heavy atom. The van der Waals surface area contributed by atoms with Crippen LogP contribution in [0.1, 0.15) is 30.9 Å². The average molecular weight is 497 g/mol. The molecule has 3 aromatic rings. The molecule has 0 saturated carbocycles. The van der Waals surface area contributed by atoms with Crippen molar-refractivity contribution < 1.29 is 4.79 Å². The van der Waals surface area contributed by atoms with Gasteiger partial charge in [-0.3, -0.25) is 24.0 Å². The molecule has 3 N–H and O–H groups in total. The number of nitrogen functional groups attached to an aromatic ring is 1. The number of nitrogens with one attached hydrogen (secondary N) is 1. The van der Waals surface area contributed by atoms with Gasteiger partial charge in [0.2, 0.25) is 0 Å². The highest BCUT2D eigenvalue weighted by Crippen LogP contribution is 2.21. The molecule has 0 aliphatic rings. The smallest absolute Gasteiger partial charge is 0.330 e. The molecule has 0 aliphatic carbocycles. The Labute approximate surface area is 194 Å². The molecular formula is C24H25BrN4O3. The van der Waals surface area contributed by atoms with Gasteiger partial charge in [-0.15, -0.1) is 0 Å². The summed E-state index contributed by atoms with van der Waals surface area (Å²) in [4.78, 5) is 42.0. The van der Waals surface area contributed by atoms with Crippen LogP contribution in [-0.4, -0.2) is 15.5 Å². The molecule has 0 unspecified atom stereocenters. The second-order valence-corrected chi connectivity index (χ2v) is 8.21. The maximum absolute atomic E-state index is 13.3. The molecule has 0 radical (unpaired) electrons. The van der Waals surface area contributed by atoms with Crippen molar-refractivity contribution in [1.82, 2.24) is 9.55 Å². The first-order valence-corrected chi connectivity index (χ1v) is 11.1. The van der Waals surface area contributed by atoms with Crippen LogP contribution in [0.15, 0.2) is 74.7 Å². The van der Waals surface area contributed by atoms with Gasteiger partial charge >= 0.3 is 5.69 Å². The van der Waals surface area contributed by atoms with Crippen molar-refractivity contribution in [3.8, 4) is 0 Å². The summed E-state index contributed by atoms with van der Waals surface area (Å²) in [6.45, 7) is 2.47. The van der Waals surface area contributed by atoms with Crippen LogP contribution in [-0.2, 0) is 17.9 Å². The Bertz CT molecular complexity index is 1230. The highest BCUT2D eigenvalue weighted by molar-refractivity contribution is 9.10. The highest BCUT2D eigenvalue weighted by Gasteiger charge is 2.23. The SMILES string of the molecule is CCCCn1c(N)c(N(Cc2ccccc2)C(=O)/C=C/c2cccc(Br)c2)c(=O)[nH]c1=O. The topological polar surface area (TPSA) is 101 Å². The number of amides is 1. The summed E-state index contributed by atoms with van der Waals surface area (Å²) in [5.41, 5.74) is 6.60. The van der Waals surface area contributed by atoms with E-state index in [0.29, 0.717) is 13.0 Å². The minimum Gasteiger partial charge on any atom is -0.383 e. The van der Waals surface area contributed by atoms with E-state index in [1.54, 1.807) is 6.08 Å². The standard InChI is InChI=1S/C24H25BrN4O3/c1-2-3-14-28-22(26)21(23(31)27-24(28)32)29(16-18-8-5-4-6-9-18)20(30)13-12-17-10-7-11-19(25)15-17/h4-13,15H,2-3,14,16,26H2,1H3,(H,27,31,32)/b13-12+. The number of halogens is 1. The van der Waals surface area contributed by atoms with Crippen LogP contribution in [0.3, 0.4) is 0 Å². The van der Waals surface area contributed by atoms with Crippen molar-refractivity contribution in [3.63, 3.8) is 0 Å². The van der Waals surface area contributed by atoms with E-state index in [4.69, 9.17) is 5.73 Å². The van der Waals surface area contributed by atoms with E-state index in [9.17, 15) is 14.4 Å². The number of hydrogen-bond acceptors (Lipinski definition) is 4. The number of anilines is 2. The summed E-state index contributed by atoms with van der Waals surface area (Å²) in [6, 6.07) is 16.8. The molecule has 166 valence electrons. The average Bonchev–Trinajstić information content (AvgIpc) is 2.77. The molecule has 0 spiro atoms. The molecule has 8 heteroatoms. The maximum atomic E-state index is 13.3. The fourth-order valence-electron chi connectivity index (χ4n) is 3.28. The highest BCUT2D eigenvalue weighted by atomic mass is 79.9. The quantitative estimate of drug-likeness (QED) is 0.461. The largest absolute Gasteiger partial charge is 0.383 e. The summed E-state index contributed by atoms with van der Waals surface area (Å²) < 4.78 is 2.20. The summed E-state index contributed by atoms with van der Waals surface area (Å²) >= 11 is 3.41. The first-order valence-electron chi connectivity index (χ1n) is 10.3. The van der Waals surface area contributed by atoms with E-state index >= 15 is 0 Å². The van der Waals surface area contributed by atoms with Crippen molar-refractivity contribution in [2.24, 2.45) is 0 Å². The molecule has 1 heterocycles. The summed E-state index contributed by atoms with van der Waals surface area (Å²) in [7, 11) is 0. The number of benzene rings is 2. The van der Waals surface area contributed by atoms with Gasteiger partial charge in [0, 0.05) is 17.1 Å². The van der Waals surface area contributed by atoms with Gasteiger partial charge in [-0.25, -0.2) is 4.79 Å². The number of hydrogen-bond donors (Lipinski definition) is 2. The van der Waals surface area contributed by atoms with E-state index in [2.05, 4.69) is 20.9 Å². The number of aromatic nitrogens is 2. The maximum Gasteiger partial charge on any atom is 0.330 e. The van der Waals surface area contributed by atoms with Gasteiger partial charge in [0.15, 0.2) is 5.69 Å². The van der Waals surface area contributed by atoms with E-state index in [-0.39, 0.29) is 18.1 Å². The molecule has 0 atom stereocenters. The molecule has 7 nitrogen and oxygen atoms in total. The third-order valence-electron chi connectivity index (χ3n) is 4.94. The Morgan fingerprint density at radius 1 is 1.16 bits per heavy atom. The van der Waals surface area contributed by atoms with Crippen molar-refractivity contribution >= 4 is 39.4 Å². The summed E-state index contributed by atoms with van der Waals surface area (Å²) in [6.07, 6.45) is 4.63. The van der Waals surface area contributed by atoms with Crippen LogP contribution in [0.5, 0.6) is 0 Å². The Morgan fingerprint density at radius 3 is 2.59 bits per heavy atom. The van der Waals surface area contributed by atoms with Gasteiger partial charge in [-0.05, 0) is 35.8 Å². The second-order valence-electron chi connectivity index (χ2n) is 7.30. The Kier molecular flexibility index (Phi) is 7.83. The van der Waals surface area contributed by atoms with E-state index < -0.39 is 17.2 Å². The molecule has 0 fully saturated rings. The molecular weight excluding hydrogens is 472 g/mol. The molecule has 1 amide bonds. The van der Waals surface area contributed by atoms with Gasteiger partial charge in [-0.2, -0.15) is 0 Å². The van der Waals surface area contributed by atoms with Crippen molar-refractivity contribution in [3.05, 3.63) is 97.1 Å². The Hall–Kier alpha value is -3.39. The van der Waals surface area contributed by atoms with Crippen molar-refractivity contribution in [2.75, 3.05) is 10.6 Å². The second kappa shape index (κ2) is 10.8. The van der Waals surface area contributed by atoms with Crippen LogP contribution < -0.4 is 21.9 Å². The van der Waals surface area contributed by atoms with Gasteiger partial charge in [0.1, 0.15) is 5.82 Å². The monoisotopic (exact) mass is 496 g/mol. The number of aromatic amines is 1. The first-order chi connectivity index (χ1) is 15.4. The van der Waals surface area contributed by atoms with Crippen LogP contribution in [0.4, 0.5) is 11.5 Å². The van der Waals surface area contributed by atoms with E-state index in [1.807, 2.05) is 61.5 Å². The molecule has 0 saturated heterocycles. The number of carbonyl (C=O) groups is 1. The fraction of sp³-hybridized carbons (Fsp3) is 0.208. The third kappa shape index (κ3) is 5.64. The number of nitrogens with zero attached hydrogens (tertiary/aromatic N) is 2. The zero-order valence-corrected chi connectivity index (χ0v) is 19.3. The number of nitrogens with two attached hydrogens (primary N) is 1. The minimum absolute atomic E-state index is 0.0210. The van der Waals surface area contributed by atoms with Gasteiger partial charge in [0.05, 0.1) is 6.54 Å². The Balaban J connectivity index is 2.06. The first kappa shape index (κ1) is 23.3. The van der Waals surface area contributed by atoms with Crippen LogP contribution >= 0.6 is 15.9 Å². The number of H-pyrrole nitrogens is 1. The molecule has 32 heavy (non-hydrogen) atoms. The van der Waals surface area contributed by atoms with Gasteiger partial charge < -0.3 is 5.73 Å². The van der Waals surface area contributed by atoms with Crippen LogP contribution in [0.25, 0.3) is 6.08 Å². The lowest BCUT2D eigenvalue weighted by Crippen LogP contribution is -2.40. The zero-order valence-electron chi connectivity index (χ0n) is 17.8. The predicted molar refractivity (Wildman–Crippen MR) is 131 cm³/mol. The summed E-state index contributed by atoms with van der Waals surface area (Å²) in [5.74, 6) is -0.445. The minimum atomic E-state index is -0.694.